The first-order chi connectivity index (χ1) is 10.1. The van der Waals surface area contributed by atoms with Crippen molar-refractivity contribution in [2.24, 2.45) is 5.14 Å². The summed E-state index contributed by atoms with van der Waals surface area (Å²) in [5, 5.41) is 35.0. The van der Waals surface area contributed by atoms with Gasteiger partial charge in [-0.15, -0.1) is 0 Å². The van der Waals surface area contributed by atoms with Gasteiger partial charge in [0, 0.05) is 6.07 Å². The molecule has 21 heavy (non-hydrogen) atoms. The van der Waals surface area contributed by atoms with E-state index in [9.17, 15) is 10.2 Å². The predicted molar refractivity (Wildman–Crippen MR) is 75.0 cm³/mol. The van der Waals surface area contributed by atoms with Crippen LogP contribution < -0.4 is 10.9 Å². The minimum atomic E-state index is -1.19. The van der Waals surface area contributed by atoms with Crippen LogP contribution in [0.3, 0.4) is 0 Å². The average Bonchev–Trinajstić information content (AvgIpc) is 3.01. The predicted octanol–water partition coefficient (Wildman–Crippen LogP) is -1.41. The highest BCUT2D eigenvalue weighted by molar-refractivity contribution is 7.97. The molecule has 1 unspecified atom stereocenters. The van der Waals surface area contributed by atoms with Crippen LogP contribution in [0.5, 0.6) is 0 Å². The molecule has 1 fully saturated rings. The summed E-state index contributed by atoms with van der Waals surface area (Å²) in [6.45, 7) is -0.394. The molecule has 0 aromatic carbocycles. The van der Waals surface area contributed by atoms with Gasteiger partial charge in [0.1, 0.15) is 34.7 Å². The number of nitrogen functional groups attached to an aromatic ring is 1. The topological polar surface area (TPSA) is 153 Å². The minimum Gasteiger partial charge on any atom is -0.394 e. The van der Waals surface area contributed by atoms with E-state index in [0.29, 0.717) is 16.1 Å². The quantitative estimate of drug-likeness (QED) is 0.430. The summed E-state index contributed by atoms with van der Waals surface area (Å²) in [6, 6.07) is 1.58. The highest BCUT2D eigenvalue weighted by atomic mass is 32.2. The highest BCUT2D eigenvalue weighted by Gasteiger charge is 2.43. The zero-order valence-electron chi connectivity index (χ0n) is 10.8. The minimum absolute atomic E-state index is 0.254. The molecule has 114 valence electrons. The molecule has 2 aromatic heterocycles. The molecule has 0 saturated carbocycles. The van der Waals surface area contributed by atoms with Gasteiger partial charge in [0.15, 0.2) is 6.23 Å². The molecule has 2 aromatic rings. The van der Waals surface area contributed by atoms with Crippen LogP contribution in [0.2, 0.25) is 0 Å². The van der Waals surface area contributed by atoms with Gasteiger partial charge >= 0.3 is 0 Å². The summed E-state index contributed by atoms with van der Waals surface area (Å²) in [5.74, 6) is 0.254. The van der Waals surface area contributed by atoms with Gasteiger partial charge in [-0.1, -0.05) is 0 Å². The molecule has 3 heterocycles. The van der Waals surface area contributed by atoms with Gasteiger partial charge in [-0.05, 0) is 11.9 Å². The van der Waals surface area contributed by atoms with Crippen molar-refractivity contribution < 1.29 is 20.1 Å². The fourth-order valence-electron chi connectivity index (χ4n) is 2.42. The van der Waals surface area contributed by atoms with Crippen molar-refractivity contribution in [3.05, 3.63) is 12.4 Å². The second-order valence-corrected chi connectivity index (χ2v) is 5.34. The van der Waals surface area contributed by atoms with E-state index in [2.05, 4.69) is 9.97 Å². The Bertz CT molecular complexity index is 665. The molecule has 4 atom stereocenters. The second kappa shape index (κ2) is 5.40. The Morgan fingerprint density at radius 1 is 1.38 bits per heavy atom. The Morgan fingerprint density at radius 2 is 2.14 bits per heavy atom. The van der Waals surface area contributed by atoms with E-state index in [1.807, 2.05) is 0 Å². The van der Waals surface area contributed by atoms with E-state index in [0.717, 1.165) is 11.9 Å². The summed E-state index contributed by atoms with van der Waals surface area (Å²) in [7, 11) is 0. The highest BCUT2D eigenvalue weighted by Crippen LogP contribution is 2.33. The van der Waals surface area contributed by atoms with Crippen molar-refractivity contribution in [3.63, 3.8) is 0 Å². The maximum absolute atomic E-state index is 10.1. The molecule has 0 radical (unpaired) electrons. The van der Waals surface area contributed by atoms with Gasteiger partial charge in [0.25, 0.3) is 0 Å². The summed E-state index contributed by atoms with van der Waals surface area (Å²) in [5.41, 5.74) is 6.83. The van der Waals surface area contributed by atoms with Crippen molar-refractivity contribution in [1.82, 2.24) is 14.5 Å². The fourth-order valence-corrected chi connectivity index (χ4v) is 2.84. The third-order valence-electron chi connectivity index (χ3n) is 3.45. The summed E-state index contributed by atoms with van der Waals surface area (Å²) in [4.78, 5) is 8.27. The smallest absolute Gasteiger partial charge is 0.164 e. The second-order valence-electron chi connectivity index (χ2n) is 4.72. The first-order valence-corrected chi connectivity index (χ1v) is 7.07. The molecule has 1 aliphatic heterocycles. The number of nitrogens with two attached hydrogens (primary N) is 2. The average molecular weight is 313 g/mol. The molecule has 9 nitrogen and oxygen atoms in total. The van der Waals surface area contributed by atoms with Crippen molar-refractivity contribution in [1.29, 1.82) is 0 Å². The largest absolute Gasteiger partial charge is 0.394 e. The van der Waals surface area contributed by atoms with Crippen LogP contribution in [0.4, 0.5) is 5.82 Å². The SMILES string of the molecule is NSc1nc(N)cc2c1ncn2C1O[C@H](CO)[C@@H](O)[C@H]1O. The van der Waals surface area contributed by atoms with Crippen LogP contribution in [-0.2, 0) is 4.74 Å². The Morgan fingerprint density at radius 3 is 2.76 bits per heavy atom. The van der Waals surface area contributed by atoms with Gasteiger partial charge in [-0.2, -0.15) is 0 Å². The standard InChI is InChI=1S/C11H15N5O4S/c12-6-1-4-7(10(15-6)21-13)14-3-16(4)11-9(19)8(18)5(2-17)20-11/h1,3,5,8-9,11,17-19H,2,13H2,(H2,12,15)/t5-,8-,9-,11?/m1/s1. The molecule has 7 N–H and O–H groups in total. The van der Waals surface area contributed by atoms with Crippen molar-refractivity contribution >= 4 is 28.8 Å². The van der Waals surface area contributed by atoms with Gasteiger partial charge < -0.3 is 30.4 Å². The van der Waals surface area contributed by atoms with E-state index in [4.69, 9.17) is 20.7 Å². The Labute approximate surface area is 123 Å². The lowest BCUT2D eigenvalue weighted by molar-refractivity contribution is -0.0508. The van der Waals surface area contributed by atoms with E-state index < -0.39 is 31.1 Å². The van der Waals surface area contributed by atoms with E-state index in [1.54, 1.807) is 6.07 Å². The molecule has 1 aliphatic rings. The number of aromatic nitrogens is 3. The Balaban J connectivity index is 2.07. The van der Waals surface area contributed by atoms with Gasteiger partial charge in [0.05, 0.1) is 18.5 Å². The van der Waals surface area contributed by atoms with Crippen LogP contribution in [0.15, 0.2) is 17.4 Å². The molecule has 0 amide bonds. The number of anilines is 1. The number of hydrogen-bond donors (Lipinski definition) is 5. The van der Waals surface area contributed by atoms with Gasteiger partial charge in [-0.25, -0.2) is 9.97 Å². The van der Waals surface area contributed by atoms with Crippen LogP contribution in [0, 0.1) is 0 Å². The third kappa shape index (κ3) is 2.25. The number of nitrogens with zero attached hydrogens (tertiary/aromatic N) is 3. The first kappa shape index (κ1) is 14.5. The first-order valence-electron chi connectivity index (χ1n) is 6.19. The van der Waals surface area contributed by atoms with E-state index >= 15 is 0 Å². The molecule has 0 bridgehead atoms. The number of hydrogen-bond acceptors (Lipinski definition) is 9. The van der Waals surface area contributed by atoms with Crippen LogP contribution in [-0.4, -0.2) is 54.8 Å². The van der Waals surface area contributed by atoms with E-state index in [1.165, 1.54) is 10.9 Å². The summed E-state index contributed by atoms with van der Waals surface area (Å²) < 4.78 is 7.01. The summed E-state index contributed by atoms with van der Waals surface area (Å²) in [6.07, 6.45) is -2.65. The van der Waals surface area contributed by atoms with Crippen molar-refractivity contribution in [2.45, 2.75) is 29.6 Å². The molecule has 10 heteroatoms. The number of aliphatic hydroxyl groups is 3. The third-order valence-corrected chi connectivity index (χ3v) is 3.96. The molecule has 0 spiro atoms. The van der Waals surface area contributed by atoms with Gasteiger partial charge in [-0.3, -0.25) is 5.14 Å². The molecular formula is C11H15N5O4S. The monoisotopic (exact) mass is 313 g/mol. The van der Waals surface area contributed by atoms with E-state index in [-0.39, 0.29) is 5.82 Å². The lowest BCUT2D eigenvalue weighted by atomic mass is 10.1. The molecule has 0 aliphatic carbocycles. The number of fused-ring (bicyclic) bond motifs is 1. The lowest BCUT2D eigenvalue weighted by Gasteiger charge is -2.17. The number of aliphatic hydroxyl groups excluding tert-OH is 3. The Kier molecular flexibility index (Phi) is 3.73. The zero-order chi connectivity index (χ0) is 15.1. The maximum Gasteiger partial charge on any atom is 0.164 e. The molecular weight excluding hydrogens is 298 g/mol. The van der Waals surface area contributed by atoms with Crippen LogP contribution in [0.1, 0.15) is 6.23 Å². The van der Waals surface area contributed by atoms with Crippen molar-refractivity contribution in [3.8, 4) is 0 Å². The lowest BCUT2D eigenvalue weighted by Crippen LogP contribution is -2.33. The zero-order valence-corrected chi connectivity index (χ0v) is 11.6. The maximum atomic E-state index is 10.1. The van der Waals surface area contributed by atoms with Crippen molar-refractivity contribution in [2.75, 3.05) is 12.3 Å². The molecule has 1 saturated heterocycles. The number of rotatable bonds is 3. The van der Waals surface area contributed by atoms with Crippen LogP contribution >= 0.6 is 11.9 Å². The Hall–Kier alpha value is -1.43. The number of pyridine rings is 1. The summed E-state index contributed by atoms with van der Waals surface area (Å²) >= 11 is 0.915. The van der Waals surface area contributed by atoms with Crippen LogP contribution in [0.25, 0.3) is 11.0 Å². The fraction of sp³-hybridized carbons (Fsp3) is 0.455. The normalized spacial score (nSPS) is 29.3. The number of imidazole rings is 1. The number of ether oxygens (including phenoxy) is 1. The molecule has 3 rings (SSSR count). The van der Waals surface area contributed by atoms with Gasteiger partial charge in [0.2, 0.25) is 0 Å².